The number of benzene rings is 2. The average molecular weight is 308 g/mol. The number of anilines is 1. The van der Waals surface area contributed by atoms with E-state index in [0.717, 1.165) is 34.3 Å². The number of hydrogen-bond donors (Lipinski definition) is 1. The van der Waals surface area contributed by atoms with Crippen molar-refractivity contribution >= 4 is 29.1 Å². The fourth-order valence-electron chi connectivity index (χ4n) is 1.84. The van der Waals surface area contributed by atoms with E-state index in [9.17, 15) is 0 Å². The van der Waals surface area contributed by atoms with Gasteiger partial charge < -0.3 is 10.1 Å². The van der Waals surface area contributed by atoms with Gasteiger partial charge in [-0.1, -0.05) is 29.8 Å². The molecule has 0 aliphatic heterocycles. The van der Waals surface area contributed by atoms with E-state index in [1.165, 1.54) is 4.90 Å². The maximum absolute atomic E-state index is 6.09. The van der Waals surface area contributed by atoms with Gasteiger partial charge >= 0.3 is 0 Å². The number of aryl methyl sites for hydroxylation is 1. The van der Waals surface area contributed by atoms with E-state index in [0.29, 0.717) is 0 Å². The lowest BCUT2D eigenvalue weighted by Crippen LogP contribution is -2.05. The van der Waals surface area contributed by atoms with Crippen molar-refractivity contribution in [2.75, 3.05) is 24.7 Å². The van der Waals surface area contributed by atoms with Crippen LogP contribution in [0.25, 0.3) is 0 Å². The third kappa shape index (κ3) is 4.09. The van der Waals surface area contributed by atoms with Gasteiger partial charge in [-0.25, -0.2) is 0 Å². The van der Waals surface area contributed by atoms with Gasteiger partial charge in [0, 0.05) is 28.3 Å². The summed E-state index contributed by atoms with van der Waals surface area (Å²) in [6.07, 6.45) is 0. The lowest BCUT2D eigenvalue weighted by Gasteiger charge is -2.13. The largest absolute Gasteiger partial charge is 0.495 e. The standard InChI is InChI=1S/C16H18ClNOS/c1-12-10-15(16(19-2)11-14(12)17)18-8-9-20-13-6-4-3-5-7-13/h3-7,10-11,18H,8-9H2,1-2H3. The van der Waals surface area contributed by atoms with Crippen LogP contribution in [-0.4, -0.2) is 19.4 Å². The van der Waals surface area contributed by atoms with Crippen LogP contribution < -0.4 is 10.1 Å². The molecule has 0 saturated heterocycles. The van der Waals surface area contributed by atoms with E-state index < -0.39 is 0 Å². The molecule has 0 bridgehead atoms. The number of hydrogen-bond acceptors (Lipinski definition) is 3. The molecule has 4 heteroatoms. The molecule has 0 spiro atoms. The number of rotatable bonds is 6. The molecule has 0 atom stereocenters. The van der Waals surface area contributed by atoms with Gasteiger partial charge in [0.25, 0.3) is 0 Å². The van der Waals surface area contributed by atoms with Crippen LogP contribution in [0.4, 0.5) is 5.69 Å². The Bertz CT molecular complexity index is 560. The van der Waals surface area contributed by atoms with Crippen LogP contribution in [0, 0.1) is 6.92 Å². The molecule has 106 valence electrons. The second-order valence-electron chi connectivity index (χ2n) is 4.39. The Hall–Kier alpha value is -1.32. The molecule has 0 aliphatic carbocycles. The fraction of sp³-hybridized carbons (Fsp3) is 0.250. The number of nitrogens with one attached hydrogen (secondary N) is 1. The molecule has 0 saturated carbocycles. The Kier molecular flexibility index (Phi) is 5.62. The monoisotopic (exact) mass is 307 g/mol. The summed E-state index contributed by atoms with van der Waals surface area (Å²) in [6.45, 7) is 2.86. The molecule has 20 heavy (non-hydrogen) atoms. The molecule has 2 aromatic carbocycles. The van der Waals surface area contributed by atoms with Crippen molar-refractivity contribution in [3.8, 4) is 5.75 Å². The van der Waals surface area contributed by atoms with Crippen LogP contribution in [-0.2, 0) is 0 Å². The van der Waals surface area contributed by atoms with Crippen molar-refractivity contribution in [2.45, 2.75) is 11.8 Å². The predicted octanol–water partition coefficient (Wildman–Crippen LogP) is 4.86. The van der Waals surface area contributed by atoms with Gasteiger partial charge in [-0.15, -0.1) is 11.8 Å². The molecule has 0 aliphatic rings. The van der Waals surface area contributed by atoms with E-state index >= 15 is 0 Å². The summed E-state index contributed by atoms with van der Waals surface area (Å²) >= 11 is 7.93. The molecule has 2 rings (SSSR count). The maximum atomic E-state index is 6.09. The van der Waals surface area contributed by atoms with E-state index in [2.05, 4.69) is 29.6 Å². The van der Waals surface area contributed by atoms with Crippen LogP contribution in [0.15, 0.2) is 47.4 Å². The normalized spacial score (nSPS) is 10.3. The first-order valence-electron chi connectivity index (χ1n) is 6.46. The van der Waals surface area contributed by atoms with Crippen molar-refractivity contribution in [1.82, 2.24) is 0 Å². The number of ether oxygens (including phenoxy) is 1. The smallest absolute Gasteiger partial charge is 0.143 e. The lowest BCUT2D eigenvalue weighted by atomic mass is 10.2. The van der Waals surface area contributed by atoms with Crippen LogP contribution in [0.5, 0.6) is 5.75 Å². The fourth-order valence-corrected chi connectivity index (χ4v) is 2.78. The predicted molar refractivity (Wildman–Crippen MR) is 88.4 cm³/mol. The molecule has 2 nitrogen and oxygen atoms in total. The summed E-state index contributed by atoms with van der Waals surface area (Å²) in [7, 11) is 1.66. The SMILES string of the molecule is COc1cc(Cl)c(C)cc1NCCSc1ccccc1. The Labute approximate surface area is 129 Å². The summed E-state index contributed by atoms with van der Waals surface area (Å²) in [6, 6.07) is 14.3. The van der Waals surface area contributed by atoms with Crippen molar-refractivity contribution in [3.63, 3.8) is 0 Å². The second-order valence-corrected chi connectivity index (χ2v) is 5.97. The van der Waals surface area contributed by atoms with Crippen LogP contribution in [0.1, 0.15) is 5.56 Å². The molecular weight excluding hydrogens is 290 g/mol. The van der Waals surface area contributed by atoms with E-state index in [1.54, 1.807) is 7.11 Å². The van der Waals surface area contributed by atoms with E-state index in [-0.39, 0.29) is 0 Å². The van der Waals surface area contributed by atoms with Crippen molar-refractivity contribution < 1.29 is 4.74 Å². The first-order chi connectivity index (χ1) is 9.70. The van der Waals surface area contributed by atoms with Gasteiger partial charge in [0.1, 0.15) is 5.75 Å². The maximum Gasteiger partial charge on any atom is 0.143 e. The second kappa shape index (κ2) is 7.46. The molecule has 0 fully saturated rings. The van der Waals surface area contributed by atoms with Gasteiger partial charge in [-0.05, 0) is 30.7 Å². The minimum Gasteiger partial charge on any atom is -0.495 e. The summed E-state index contributed by atoms with van der Waals surface area (Å²) < 4.78 is 5.34. The van der Waals surface area contributed by atoms with Gasteiger partial charge in [0.05, 0.1) is 12.8 Å². The molecule has 0 heterocycles. The quantitative estimate of drug-likeness (QED) is 0.608. The first kappa shape index (κ1) is 15.1. The zero-order valence-corrected chi connectivity index (χ0v) is 13.2. The van der Waals surface area contributed by atoms with Gasteiger partial charge in [-0.2, -0.15) is 0 Å². The molecule has 0 aromatic heterocycles. The zero-order chi connectivity index (χ0) is 14.4. The average Bonchev–Trinajstić information content (AvgIpc) is 2.48. The topological polar surface area (TPSA) is 21.3 Å². The van der Waals surface area contributed by atoms with E-state index in [4.69, 9.17) is 16.3 Å². The minimum absolute atomic E-state index is 0.728. The Morgan fingerprint density at radius 3 is 2.65 bits per heavy atom. The van der Waals surface area contributed by atoms with Crippen LogP contribution in [0.3, 0.4) is 0 Å². The first-order valence-corrected chi connectivity index (χ1v) is 7.83. The number of halogens is 1. The summed E-state index contributed by atoms with van der Waals surface area (Å²) in [5.41, 5.74) is 2.04. The highest BCUT2D eigenvalue weighted by Gasteiger charge is 2.06. The van der Waals surface area contributed by atoms with Crippen molar-refractivity contribution in [2.24, 2.45) is 0 Å². The molecule has 0 unspecified atom stereocenters. The highest BCUT2D eigenvalue weighted by atomic mass is 35.5. The van der Waals surface area contributed by atoms with Crippen molar-refractivity contribution in [1.29, 1.82) is 0 Å². The molecule has 0 radical (unpaired) electrons. The Balaban J connectivity index is 1.89. The van der Waals surface area contributed by atoms with Crippen LogP contribution in [0.2, 0.25) is 5.02 Å². The third-order valence-corrected chi connectivity index (χ3v) is 4.33. The molecular formula is C16H18ClNOS. The summed E-state index contributed by atoms with van der Waals surface area (Å²) in [4.78, 5) is 1.29. The Morgan fingerprint density at radius 2 is 1.95 bits per heavy atom. The van der Waals surface area contributed by atoms with Crippen LogP contribution >= 0.6 is 23.4 Å². The van der Waals surface area contributed by atoms with Gasteiger partial charge in [0.15, 0.2) is 0 Å². The highest BCUT2D eigenvalue weighted by Crippen LogP contribution is 2.31. The number of methoxy groups -OCH3 is 1. The third-order valence-electron chi connectivity index (χ3n) is 2.91. The lowest BCUT2D eigenvalue weighted by molar-refractivity contribution is 0.416. The highest BCUT2D eigenvalue weighted by molar-refractivity contribution is 7.99. The molecule has 1 N–H and O–H groups in total. The van der Waals surface area contributed by atoms with Crippen molar-refractivity contribution in [3.05, 3.63) is 53.1 Å². The summed E-state index contributed by atoms with van der Waals surface area (Å²) in [5.74, 6) is 1.78. The molecule has 0 amide bonds. The Morgan fingerprint density at radius 1 is 1.20 bits per heavy atom. The van der Waals surface area contributed by atoms with Gasteiger partial charge in [-0.3, -0.25) is 0 Å². The molecule has 2 aromatic rings. The number of thioether (sulfide) groups is 1. The van der Waals surface area contributed by atoms with Gasteiger partial charge in [0.2, 0.25) is 0 Å². The zero-order valence-electron chi connectivity index (χ0n) is 11.7. The van der Waals surface area contributed by atoms with E-state index in [1.807, 2.05) is 36.9 Å². The minimum atomic E-state index is 0.728. The summed E-state index contributed by atoms with van der Waals surface area (Å²) in [5, 5.41) is 4.13.